The van der Waals surface area contributed by atoms with Gasteiger partial charge in [-0.05, 0) is 0 Å². The molecular formula is C14H9ClN2Se. The van der Waals surface area contributed by atoms with Crippen LogP contribution in [0.1, 0.15) is 5.56 Å². The molecule has 0 aliphatic rings. The third kappa shape index (κ3) is 3.49. The van der Waals surface area contributed by atoms with Gasteiger partial charge in [-0.1, -0.05) is 0 Å². The Morgan fingerprint density at radius 1 is 1.00 bits per heavy atom. The monoisotopic (exact) mass is 320 g/mol. The topological polar surface area (TPSA) is 24.7 Å². The normalized spacial score (nSPS) is 10.8. The predicted octanol–water partition coefficient (Wildman–Crippen LogP) is 3.49. The Morgan fingerprint density at radius 2 is 1.67 bits per heavy atom. The average molecular weight is 320 g/mol. The maximum atomic E-state index is 5.84. The van der Waals surface area contributed by atoms with Gasteiger partial charge in [0.2, 0.25) is 0 Å². The van der Waals surface area contributed by atoms with Crippen LogP contribution in [0, 0.1) is 0 Å². The second kappa shape index (κ2) is 6.44. The minimum atomic E-state index is 0.608. The number of nitrogens with zero attached hydrogens (tertiary/aromatic N) is 2. The molecule has 0 aliphatic carbocycles. The van der Waals surface area contributed by atoms with Crippen molar-refractivity contribution in [1.82, 2.24) is 0 Å². The van der Waals surface area contributed by atoms with Gasteiger partial charge >= 0.3 is 119 Å². The minimum absolute atomic E-state index is 0.608. The molecule has 0 aromatic heterocycles. The molecule has 0 fully saturated rings. The number of hydrogen-bond donors (Lipinski definition) is 0. The summed E-state index contributed by atoms with van der Waals surface area (Å²) in [7, 11) is 0. The first kappa shape index (κ1) is 12.9. The summed E-state index contributed by atoms with van der Waals surface area (Å²) in [6.45, 7) is 0. The van der Waals surface area contributed by atoms with Crippen LogP contribution < -0.4 is 0 Å². The van der Waals surface area contributed by atoms with E-state index in [0.29, 0.717) is 10.9 Å². The number of rotatable bonds is 2. The summed E-state index contributed by atoms with van der Waals surface area (Å²) in [6.07, 6.45) is 0. The second-order valence-electron chi connectivity index (χ2n) is 3.48. The molecule has 2 aromatic rings. The zero-order valence-corrected chi connectivity index (χ0v) is 11.8. The Hall–Kier alpha value is -1.50. The molecule has 0 amide bonds. The molecule has 0 spiro atoms. The van der Waals surface area contributed by atoms with Crippen molar-refractivity contribution < 1.29 is 0 Å². The first-order chi connectivity index (χ1) is 8.79. The van der Waals surface area contributed by atoms with Crippen LogP contribution in [-0.2, 0) is 0 Å². The first-order valence-electron chi connectivity index (χ1n) is 5.27. The maximum absolute atomic E-state index is 5.84. The fraction of sp³-hybridized carbons (Fsp3) is 0. The molecule has 0 heterocycles. The Morgan fingerprint density at radius 3 is 2.28 bits per heavy atom. The summed E-state index contributed by atoms with van der Waals surface area (Å²) in [5.74, 6) is 0.608. The molecule has 88 valence electrons. The quantitative estimate of drug-likeness (QED) is 0.460. The van der Waals surface area contributed by atoms with Gasteiger partial charge in [-0.15, -0.1) is 0 Å². The summed E-state index contributed by atoms with van der Waals surface area (Å²) in [5, 5.41) is 0.689. The molecule has 0 aliphatic heterocycles. The van der Waals surface area contributed by atoms with Crippen molar-refractivity contribution in [3.05, 3.63) is 65.2 Å². The van der Waals surface area contributed by atoms with Gasteiger partial charge in [-0.3, -0.25) is 0 Å². The van der Waals surface area contributed by atoms with E-state index in [4.69, 9.17) is 11.6 Å². The number of hydrogen-bond acceptors (Lipinski definition) is 1. The van der Waals surface area contributed by atoms with E-state index >= 15 is 0 Å². The van der Waals surface area contributed by atoms with Crippen molar-refractivity contribution in [2.75, 3.05) is 0 Å². The van der Waals surface area contributed by atoms with Gasteiger partial charge in [-0.25, -0.2) is 0 Å². The Bertz CT molecular complexity index is 599. The van der Waals surface area contributed by atoms with E-state index < -0.39 is 0 Å². The van der Waals surface area contributed by atoms with Crippen LogP contribution in [0.25, 0.3) is 0 Å². The summed E-state index contributed by atoms with van der Waals surface area (Å²) >= 11 is 8.46. The second-order valence-corrected chi connectivity index (χ2v) is 4.30. The molecule has 4 heteroatoms. The van der Waals surface area contributed by atoms with E-state index in [2.05, 4.69) is 30.3 Å². The van der Waals surface area contributed by atoms with Crippen molar-refractivity contribution in [3.63, 3.8) is 0 Å². The molecule has 0 saturated heterocycles. The van der Waals surface area contributed by atoms with E-state index in [-0.39, 0.29) is 0 Å². The fourth-order valence-corrected chi connectivity index (χ4v) is 1.73. The van der Waals surface area contributed by atoms with Gasteiger partial charge in [-0.2, -0.15) is 0 Å². The van der Waals surface area contributed by atoms with Crippen molar-refractivity contribution in [2.24, 2.45) is 9.98 Å². The van der Waals surface area contributed by atoms with Gasteiger partial charge in [0, 0.05) is 0 Å². The number of amidine groups is 1. The van der Waals surface area contributed by atoms with Crippen LogP contribution in [0.5, 0.6) is 0 Å². The predicted molar refractivity (Wildman–Crippen MR) is 77.3 cm³/mol. The number of benzene rings is 2. The van der Waals surface area contributed by atoms with Crippen molar-refractivity contribution in [3.8, 4) is 0 Å². The number of halogens is 1. The van der Waals surface area contributed by atoms with Crippen molar-refractivity contribution >= 4 is 43.4 Å². The van der Waals surface area contributed by atoms with Gasteiger partial charge in [0.15, 0.2) is 0 Å². The summed E-state index contributed by atoms with van der Waals surface area (Å²) < 4.78 is 2.64. The molecule has 2 aromatic carbocycles. The summed E-state index contributed by atoms with van der Waals surface area (Å²) in [4.78, 5) is 8.59. The van der Waals surface area contributed by atoms with Gasteiger partial charge in [0.05, 0.1) is 0 Å². The Balaban J connectivity index is 2.42. The molecule has 18 heavy (non-hydrogen) atoms. The van der Waals surface area contributed by atoms with Crippen LogP contribution >= 0.6 is 11.6 Å². The third-order valence-electron chi connectivity index (χ3n) is 2.25. The standard InChI is InChI=1S/C14H9ClN2Se/c15-12-6-8-13(9-7-12)17-14(16-10-18)11-4-2-1-3-5-11/h1-9H. The first-order valence-corrected chi connectivity index (χ1v) is 6.50. The van der Waals surface area contributed by atoms with E-state index in [9.17, 15) is 0 Å². The molecular weight excluding hydrogens is 311 g/mol. The summed E-state index contributed by atoms with van der Waals surface area (Å²) in [5.41, 5.74) is 1.74. The molecule has 2 rings (SSSR count). The van der Waals surface area contributed by atoms with Gasteiger partial charge in [0.1, 0.15) is 0 Å². The van der Waals surface area contributed by atoms with E-state index in [0.717, 1.165) is 11.3 Å². The summed E-state index contributed by atoms with van der Waals surface area (Å²) in [6, 6.07) is 17.0. The molecule has 2 nitrogen and oxygen atoms in total. The van der Waals surface area contributed by atoms with Crippen LogP contribution in [0.2, 0.25) is 5.02 Å². The molecule has 0 bridgehead atoms. The van der Waals surface area contributed by atoms with Gasteiger partial charge < -0.3 is 0 Å². The Kier molecular flexibility index (Phi) is 4.63. The molecule has 0 unspecified atom stereocenters. The van der Waals surface area contributed by atoms with E-state index in [1.165, 1.54) is 0 Å². The molecule has 0 radical (unpaired) electrons. The van der Waals surface area contributed by atoms with Crippen LogP contribution in [0.3, 0.4) is 0 Å². The Labute approximate surface area is 118 Å². The van der Waals surface area contributed by atoms with Crippen LogP contribution in [0.15, 0.2) is 64.6 Å². The number of aliphatic imine (C=N–C) groups is 2. The molecule has 0 saturated carbocycles. The van der Waals surface area contributed by atoms with Crippen molar-refractivity contribution in [1.29, 1.82) is 0 Å². The van der Waals surface area contributed by atoms with E-state index in [1.807, 2.05) is 42.5 Å². The van der Waals surface area contributed by atoms with Gasteiger partial charge in [0.25, 0.3) is 0 Å². The zero-order chi connectivity index (χ0) is 12.8. The molecule has 0 atom stereocenters. The fourth-order valence-electron chi connectivity index (χ4n) is 1.42. The van der Waals surface area contributed by atoms with Crippen molar-refractivity contribution in [2.45, 2.75) is 0 Å². The van der Waals surface area contributed by atoms with Crippen LogP contribution in [-0.4, -0.2) is 26.1 Å². The average Bonchev–Trinajstić information content (AvgIpc) is 2.42. The molecule has 0 N–H and O–H groups in total. The SMILES string of the molecule is Clc1ccc(N=C(N=C=[Se])c2ccccc2)cc1. The van der Waals surface area contributed by atoms with Crippen LogP contribution in [0.4, 0.5) is 5.69 Å². The zero-order valence-electron chi connectivity index (χ0n) is 9.38. The third-order valence-corrected chi connectivity index (χ3v) is 2.69. The van der Waals surface area contributed by atoms with E-state index in [1.54, 1.807) is 12.1 Å².